The summed E-state index contributed by atoms with van der Waals surface area (Å²) in [5.74, 6) is -1.90. The Morgan fingerprint density at radius 2 is 2.27 bits per heavy atom. The number of carbonyl (C=O) groups excluding carboxylic acids is 2. The van der Waals surface area contributed by atoms with E-state index in [-0.39, 0.29) is 11.1 Å². The normalized spacial score (nSPS) is 9.13. The number of rotatable bonds is 2. The van der Waals surface area contributed by atoms with Crippen LogP contribution in [0.1, 0.15) is 26.3 Å². The molecule has 0 atom stereocenters. The predicted octanol–water partition coefficient (Wildman–Crippen LogP) is 1.30. The molecule has 0 radical (unpaired) electrons. The van der Waals surface area contributed by atoms with Crippen LogP contribution in [0.3, 0.4) is 0 Å². The van der Waals surface area contributed by atoms with Crippen LogP contribution >= 0.6 is 0 Å². The molecule has 0 fully saturated rings. The van der Waals surface area contributed by atoms with E-state index in [1.807, 2.05) is 0 Å². The molecule has 0 amide bonds. The van der Waals surface area contributed by atoms with Gasteiger partial charge in [-0.15, -0.1) is 0 Å². The third kappa shape index (κ3) is 1.99. The van der Waals surface area contributed by atoms with Gasteiger partial charge >= 0.3 is 5.97 Å². The Kier molecular flexibility index (Phi) is 3.13. The summed E-state index contributed by atoms with van der Waals surface area (Å²) in [6.45, 7) is 0. The summed E-state index contributed by atoms with van der Waals surface area (Å²) >= 11 is 0. The Morgan fingerprint density at radius 1 is 1.60 bits per heavy atom. The molecule has 0 saturated heterocycles. The number of hydrogen-bond acceptors (Lipinski definition) is 4. The quantitative estimate of drug-likeness (QED) is 0.541. The van der Waals surface area contributed by atoms with Crippen molar-refractivity contribution in [2.24, 2.45) is 0 Å². The summed E-state index contributed by atoms with van der Waals surface area (Å²) in [6.07, 6.45) is 0.423. The van der Waals surface area contributed by atoms with Crippen LogP contribution in [0.25, 0.3) is 0 Å². The van der Waals surface area contributed by atoms with Crippen LogP contribution in [0.5, 0.6) is 0 Å². The molecule has 0 aromatic heterocycles. The van der Waals surface area contributed by atoms with Gasteiger partial charge in [-0.1, -0.05) is 0 Å². The van der Waals surface area contributed by atoms with Gasteiger partial charge in [0.15, 0.2) is 5.82 Å². The Morgan fingerprint density at radius 3 is 2.73 bits per heavy atom. The van der Waals surface area contributed by atoms with Crippen molar-refractivity contribution in [2.75, 3.05) is 7.11 Å². The van der Waals surface area contributed by atoms with Gasteiger partial charge < -0.3 is 4.74 Å². The van der Waals surface area contributed by atoms with Crippen LogP contribution in [0.15, 0.2) is 12.1 Å². The third-order valence-electron chi connectivity index (χ3n) is 1.76. The largest absolute Gasteiger partial charge is 0.465 e. The number of ether oxygens (including phenoxy) is 1. The first-order valence-electron chi connectivity index (χ1n) is 3.91. The number of aldehydes is 1. The minimum Gasteiger partial charge on any atom is -0.465 e. The van der Waals surface area contributed by atoms with Crippen molar-refractivity contribution in [2.45, 2.75) is 0 Å². The lowest BCUT2D eigenvalue weighted by molar-refractivity contribution is 0.0595. The SMILES string of the molecule is COC(=O)c1cc(C=O)cc(C#N)c1F. The smallest absolute Gasteiger partial charge is 0.340 e. The zero-order chi connectivity index (χ0) is 11.4. The fraction of sp³-hybridized carbons (Fsp3) is 0.100. The third-order valence-corrected chi connectivity index (χ3v) is 1.76. The second kappa shape index (κ2) is 4.33. The lowest BCUT2D eigenvalue weighted by Crippen LogP contribution is -2.07. The van der Waals surface area contributed by atoms with Crippen LogP contribution in [-0.4, -0.2) is 19.4 Å². The first-order chi connectivity index (χ1) is 7.13. The lowest BCUT2D eigenvalue weighted by Gasteiger charge is -2.03. The molecule has 0 aliphatic rings. The molecule has 1 aromatic rings. The first-order valence-corrected chi connectivity index (χ1v) is 3.91. The first kappa shape index (κ1) is 10.9. The summed E-state index contributed by atoms with van der Waals surface area (Å²) in [7, 11) is 1.08. The number of carbonyl (C=O) groups is 2. The second-order valence-corrected chi connectivity index (χ2v) is 2.65. The average molecular weight is 207 g/mol. The van der Waals surface area contributed by atoms with Crippen molar-refractivity contribution in [1.29, 1.82) is 5.26 Å². The molecular weight excluding hydrogens is 201 g/mol. The zero-order valence-electron chi connectivity index (χ0n) is 7.78. The fourth-order valence-corrected chi connectivity index (χ4v) is 1.05. The van der Waals surface area contributed by atoms with Gasteiger partial charge in [0.05, 0.1) is 18.2 Å². The molecule has 5 heteroatoms. The molecule has 76 valence electrons. The van der Waals surface area contributed by atoms with Crippen LogP contribution in [-0.2, 0) is 4.74 Å². The fourth-order valence-electron chi connectivity index (χ4n) is 1.05. The van der Waals surface area contributed by atoms with E-state index in [9.17, 15) is 14.0 Å². The van der Waals surface area contributed by atoms with Crippen LogP contribution in [0.2, 0.25) is 0 Å². The molecule has 1 rings (SSSR count). The van der Waals surface area contributed by atoms with Crippen LogP contribution < -0.4 is 0 Å². The topological polar surface area (TPSA) is 67.2 Å². The highest BCUT2D eigenvalue weighted by Gasteiger charge is 2.17. The van der Waals surface area contributed by atoms with Crippen LogP contribution in [0, 0.1) is 17.1 Å². The van der Waals surface area contributed by atoms with E-state index in [0.29, 0.717) is 6.29 Å². The molecule has 0 heterocycles. The molecule has 0 N–H and O–H groups in total. The summed E-state index contributed by atoms with van der Waals surface area (Å²) in [6, 6.07) is 3.65. The highest BCUT2D eigenvalue weighted by atomic mass is 19.1. The van der Waals surface area contributed by atoms with E-state index in [0.717, 1.165) is 19.2 Å². The Hall–Kier alpha value is -2.22. The highest BCUT2D eigenvalue weighted by Crippen LogP contribution is 2.15. The second-order valence-electron chi connectivity index (χ2n) is 2.65. The highest BCUT2D eigenvalue weighted by molar-refractivity contribution is 5.92. The van der Waals surface area contributed by atoms with E-state index in [1.54, 1.807) is 6.07 Å². The number of methoxy groups -OCH3 is 1. The van der Waals surface area contributed by atoms with Crippen molar-refractivity contribution >= 4 is 12.3 Å². The number of hydrogen-bond donors (Lipinski definition) is 0. The molecule has 0 bridgehead atoms. The summed E-state index contributed by atoms with van der Waals surface area (Å²) < 4.78 is 17.7. The maximum absolute atomic E-state index is 13.4. The van der Waals surface area contributed by atoms with Gasteiger partial charge in [-0.25, -0.2) is 9.18 Å². The monoisotopic (exact) mass is 207 g/mol. The Balaban J connectivity index is 3.45. The van der Waals surface area contributed by atoms with E-state index < -0.39 is 17.3 Å². The van der Waals surface area contributed by atoms with E-state index in [4.69, 9.17) is 5.26 Å². The summed E-state index contributed by atoms with van der Waals surface area (Å²) in [5, 5.41) is 8.56. The van der Waals surface area contributed by atoms with Crippen LogP contribution in [0.4, 0.5) is 4.39 Å². The average Bonchev–Trinajstić information content (AvgIpc) is 2.28. The lowest BCUT2D eigenvalue weighted by atomic mass is 10.1. The maximum Gasteiger partial charge on any atom is 0.340 e. The van der Waals surface area contributed by atoms with Crippen molar-refractivity contribution in [3.63, 3.8) is 0 Å². The molecular formula is C10H6FNO3. The predicted molar refractivity (Wildman–Crippen MR) is 47.8 cm³/mol. The van der Waals surface area contributed by atoms with E-state index in [1.165, 1.54) is 0 Å². The van der Waals surface area contributed by atoms with Crippen molar-refractivity contribution in [1.82, 2.24) is 0 Å². The van der Waals surface area contributed by atoms with Gasteiger partial charge in [0.25, 0.3) is 0 Å². The summed E-state index contributed by atoms with van der Waals surface area (Å²) in [4.78, 5) is 21.5. The molecule has 1 aromatic carbocycles. The minimum absolute atomic E-state index is 0.0494. The standard InChI is InChI=1S/C10H6FNO3/c1-15-10(14)8-3-6(5-13)2-7(4-12)9(8)11/h2-3,5H,1H3. The van der Waals surface area contributed by atoms with Crippen molar-refractivity contribution < 1.29 is 18.7 Å². The number of nitriles is 1. The maximum atomic E-state index is 13.4. The molecule has 0 saturated carbocycles. The van der Waals surface area contributed by atoms with Crippen molar-refractivity contribution in [3.05, 3.63) is 34.6 Å². The van der Waals surface area contributed by atoms with E-state index >= 15 is 0 Å². The Bertz CT molecular complexity index is 462. The Labute approximate surface area is 84.9 Å². The van der Waals surface area contributed by atoms with E-state index in [2.05, 4.69) is 4.74 Å². The molecule has 4 nitrogen and oxygen atoms in total. The zero-order valence-corrected chi connectivity index (χ0v) is 7.78. The van der Waals surface area contributed by atoms with Crippen molar-refractivity contribution in [3.8, 4) is 6.07 Å². The molecule has 0 spiro atoms. The van der Waals surface area contributed by atoms with Gasteiger partial charge in [0.1, 0.15) is 12.4 Å². The van der Waals surface area contributed by atoms with Gasteiger partial charge in [-0.05, 0) is 12.1 Å². The molecule has 0 unspecified atom stereocenters. The number of benzene rings is 1. The molecule has 15 heavy (non-hydrogen) atoms. The molecule has 0 aliphatic carbocycles. The van der Waals surface area contributed by atoms with Gasteiger partial charge in [0, 0.05) is 5.56 Å². The number of esters is 1. The number of halogens is 1. The number of nitrogens with zero attached hydrogens (tertiary/aromatic N) is 1. The summed E-state index contributed by atoms with van der Waals surface area (Å²) in [5.41, 5.74) is -0.730. The molecule has 0 aliphatic heterocycles. The van der Waals surface area contributed by atoms with Gasteiger partial charge in [-0.3, -0.25) is 4.79 Å². The van der Waals surface area contributed by atoms with Gasteiger partial charge in [-0.2, -0.15) is 5.26 Å². The van der Waals surface area contributed by atoms with Gasteiger partial charge in [0.2, 0.25) is 0 Å². The minimum atomic E-state index is -0.977.